The molecule has 1 aromatic carbocycles. The molecular weight excluding hydrogens is 164 g/mol. The van der Waals surface area contributed by atoms with Gasteiger partial charge in [-0.1, -0.05) is 24.3 Å². The molecular formula is C10H8N2O. The maximum absolute atomic E-state index is 10.0. The zero-order valence-electron chi connectivity index (χ0n) is 7.19. The molecule has 0 bridgehead atoms. The Hall–Kier alpha value is -1.91. The molecule has 0 N–H and O–H groups in total. The van der Waals surface area contributed by atoms with Crippen LogP contribution in [0.2, 0.25) is 0 Å². The molecule has 1 atom stereocenters. The van der Waals surface area contributed by atoms with Crippen LogP contribution >= 0.6 is 0 Å². The Bertz CT molecular complexity index is 386. The van der Waals surface area contributed by atoms with Crippen LogP contribution in [0, 0.1) is 18.3 Å². The van der Waals surface area contributed by atoms with E-state index in [-0.39, 0.29) is 0 Å². The van der Waals surface area contributed by atoms with Crippen molar-refractivity contribution in [3.05, 3.63) is 35.4 Å². The molecule has 0 saturated carbocycles. The average molecular weight is 172 g/mol. The molecule has 0 heterocycles. The Morgan fingerprint density at radius 2 is 2.15 bits per heavy atom. The minimum Gasteiger partial charge on any atom is -0.211 e. The van der Waals surface area contributed by atoms with Crippen molar-refractivity contribution in [2.45, 2.75) is 13.0 Å². The summed E-state index contributed by atoms with van der Waals surface area (Å²) in [7, 11) is 0. The zero-order valence-corrected chi connectivity index (χ0v) is 7.19. The molecule has 0 spiro atoms. The van der Waals surface area contributed by atoms with E-state index in [1.165, 1.54) is 6.08 Å². The van der Waals surface area contributed by atoms with Gasteiger partial charge in [-0.2, -0.15) is 10.3 Å². The molecule has 1 rings (SSSR count). The van der Waals surface area contributed by atoms with E-state index in [9.17, 15) is 4.79 Å². The molecule has 0 aliphatic rings. The normalized spacial score (nSPS) is 11.1. The number of hydrogen-bond donors (Lipinski definition) is 0. The number of aliphatic imine (C=N–C) groups is 1. The van der Waals surface area contributed by atoms with Crippen molar-refractivity contribution in [1.29, 1.82) is 5.26 Å². The number of aryl methyl sites for hydroxylation is 1. The highest BCUT2D eigenvalue weighted by atomic mass is 16.1. The summed E-state index contributed by atoms with van der Waals surface area (Å²) in [5.74, 6) is 0. The first-order valence-corrected chi connectivity index (χ1v) is 3.81. The minimum absolute atomic E-state index is 0.723. The summed E-state index contributed by atoms with van der Waals surface area (Å²) in [5, 5.41) is 8.71. The Kier molecular flexibility index (Phi) is 2.97. The molecule has 13 heavy (non-hydrogen) atoms. The SMILES string of the molecule is Cc1ccccc1C(C#N)N=C=O. The Morgan fingerprint density at radius 3 is 2.69 bits per heavy atom. The lowest BCUT2D eigenvalue weighted by Gasteiger charge is -2.04. The summed E-state index contributed by atoms with van der Waals surface area (Å²) in [6.45, 7) is 1.87. The van der Waals surface area contributed by atoms with Crippen LogP contribution in [0.25, 0.3) is 0 Å². The third-order valence-corrected chi connectivity index (χ3v) is 1.79. The van der Waals surface area contributed by atoms with E-state index in [0.29, 0.717) is 0 Å². The van der Waals surface area contributed by atoms with Crippen molar-refractivity contribution in [1.82, 2.24) is 0 Å². The maximum atomic E-state index is 10.0. The molecule has 1 aromatic rings. The van der Waals surface area contributed by atoms with Gasteiger partial charge in [0.1, 0.15) is 0 Å². The lowest BCUT2D eigenvalue weighted by molar-refractivity contribution is 0.561. The number of isocyanates is 1. The summed E-state index contributed by atoms with van der Waals surface area (Å²) in [5.41, 5.74) is 1.71. The van der Waals surface area contributed by atoms with Gasteiger partial charge in [-0.15, -0.1) is 0 Å². The second kappa shape index (κ2) is 4.20. The Morgan fingerprint density at radius 1 is 1.46 bits per heavy atom. The van der Waals surface area contributed by atoms with Crippen molar-refractivity contribution >= 4 is 6.08 Å². The van der Waals surface area contributed by atoms with E-state index in [4.69, 9.17) is 5.26 Å². The second-order valence-electron chi connectivity index (χ2n) is 2.61. The smallest absolute Gasteiger partial charge is 0.211 e. The molecule has 1 unspecified atom stereocenters. The quantitative estimate of drug-likeness (QED) is 0.505. The monoisotopic (exact) mass is 172 g/mol. The van der Waals surface area contributed by atoms with E-state index >= 15 is 0 Å². The predicted molar refractivity (Wildman–Crippen MR) is 47.7 cm³/mol. The number of hydrogen-bond acceptors (Lipinski definition) is 3. The summed E-state index contributed by atoms with van der Waals surface area (Å²) in [4.78, 5) is 13.4. The molecule has 3 heteroatoms. The van der Waals surface area contributed by atoms with E-state index in [0.717, 1.165) is 11.1 Å². The third kappa shape index (κ3) is 2.02. The summed E-state index contributed by atoms with van der Waals surface area (Å²) >= 11 is 0. The van der Waals surface area contributed by atoms with Crippen LogP contribution in [0.1, 0.15) is 17.2 Å². The van der Waals surface area contributed by atoms with E-state index in [2.05, 4.69) is 4.99 Å². The number of nitriles is 1. The molecule has 0 aliphatic heterocycles. The molecule has 0 fully saturated rings. The van der Waals surface area contributed by atoms with Crippen molar-refractivity contribution in [2.75, 3.05) is 0 Å². The highest BCUT2D eigenvalue weighted by Crippen LogP contribution is 2.19. The highest BCUT2D eigenvalue weighted by molar-refractivity contribution is 5.39. The first-order valence-electron chi connectivity index (χ1n) is 3.81. The third-order valence-electron chi connectivity index (χ3n) is 1.79. The molecule has 0 aliphatic carbocycles. The van der Waals surface area contributed by atoms with Gasteiger partial charge in [0.2, 0.25) is 6.08 Å². The van der Waals surface area contributed by atoms with Gasteiger partial charge in [0, 0.05) is 0 Å². The van der Waals surface area contributed by atoms with Crippen LogP contribution < -0.4 is 0 Å². The van der Waals surface area contributed by atoms with E-state index in [1.807, 2.05) is 31.2 Å². The molecule has 0 saturated heterocycles. The molecule has 0 radical (unpaired) electrons. The van der Waals surface area contributed by atoms with Gasteiger partial charge < -0.3 is 0 Å². The van der Waals surface area contributed by atoms with Crippen molar-refractivity contribution in [2.24, 2.45) is 4.99 Å². The van der Waals surface area contributed by atoms with Crippen molar-refractivity contribution in [3.8, 4) is 6.07 Å². The molecule has 3 nitrogen and oxygen atoms in total. The van der Waals surface area contributed by atoms with Crippen LogP contribution in [0.3, 0.4) is 0 Å². The molecule has 0 amide bonds. The molecule has 64 valence electrons. The predicted octanol–water partition coefficient (Wildman–Crippen LogP) is 1.90. The fourth-order valence-corrected chi connectivity index (χ4v) is 1.11. The number of carbonyl (C=O) groups excluding carboxylic acids is 1. The largest absolute Gasteiger partial charge is 0.236 e. The van der Waals surface area contributed by atoms with Gasteiger partial charge in [-0.05, 0) is 18.1 Å². The van der Waals surface area contributed by atoms with Crippen LogP contribution in [0.4, 0.5) is 0 Å². The number of rotatable bonds is 2. The summed E-state index contributed by atoms with van der Waals surface area (Å²) < 4.78 is 0. The minimum atomic E-state index is -0.723. The van der Waals surface area contributed by atoms with Gasteiger partial charge in [-0.25, -0.2) is 4.79 Å². The van der Waals surface area contributed by atoms with Crippen LogP contribution in [-0.2, 0) is 4.79 Å². The first-order chi connectivity index (χ1) is 6.29. The van der Waals surface area contributed by atoms with Crippen LogP contribution in [0.5, 0.6) is 0 Å². The lowest BCUT2D eigenvalue weighted by atomic mass is 10.0. The van der Waals surface area contributed by atoms with Gasteiger partial charge in [0.05, 0.1) is 6.07 Å². The lowest BCUT2D eigenvalue weighted by Crippen LogP contribution is -1.94. The first kappa shape index (κ1) is 9.18. The summed E-state index contributed by atoms with van der Waals surface area (Å²) in [6.07, 6.45) is 1.40. The van der Waals surface area contributed by atoms with Gasteiger partial charge in [0.25, 0.3) is 0 Å². The zero-order chi connectivity index (χ0) is 9.68. The molecule has 0 aromatic heterocycles. The number of benzene rings is 1. The second-order valence-corrected chi connectivity index (χ2v) is 2.61. The Labute approximate surface area is 76.3 Å². The van der Waals surface area contributed by atoms with Crippen LogP contribution in [-0.4, -0.2) is 6.08 Å². The van der Waals surface area contributed by atoms with Crippen LogP contribution in [0.15, 0.2) is 29.3 Å². The van der Waals surface area contributed by atoms with E-state index in [1.54, 1.807) is 6.07 Å². The number of nitrogens with zero attached hydrogens (tertiary/aromatic N) is 2. The standard InChI is InChI=1S/C10H8N2O/c1-8-4-2-3-5-9(8)10(6-11)12-7-13/h2-5,10H,1H3. The Balaban J connectivity index is 3.13. The topological polar surface area (TPSA) is 53.2 Å². The maximum Gasteiger partial charge on any atom is 0.236 e. The van der Waals surface area contributed by atoms with Crippen molar-refractivity contribution in [3.63, 3.8) is 0 Å². The fourth-order valence-electron chi connectivity index (χ4n) is 1.11. The van der Waals surface area contributed by atoms with Gasteiger partial charge >= 0.3 is 0 Å². The van der Waals surface area contributed by atoms with E-state index < -0.39 is 6.04 Å². The highest BCUT2D eigenvalue weighted by Gasteiger charge is 2.09. The fraction of sp³-hybridized carbons (Fsp3) is 0.200. The average Bonchev–Trinajstić information content (AvgIpc) is 2.16. The van der Waals surface area contributed by atoms with Gasteiger partial charge in [-0.3, -0.25) is 0 Å². The van der Waals surface area contributed by atoms with Crippen molar-refractivity contribution < 1.29 is 4.79 Å². The summed E-state index contributed by atoms with van der Waals surface area (Å²) in [6, 6.07) is 8.55. The van der Waals surface area contributed by atoms with Gasteiger partial charge in [0.15, 0.2) is 6.04 Å².